The molecule has 1 amide bonds. The van der Waals surface area contributed by atoms with Gasteiger partial charge in [0.1, 0.15) is 6.04 Å². The Labute approximate surface area is 110 Å². The summed E-state index contributed by atoms with van der Waals surface area (Å²) in [5, 5.41) is 0. The van der Waals surface area contributed by atoms with Crippen molar-refractivity contribution >= 4 is 5.91 Å². The standard InChI is InChI=1S/C13H27N3O2/c1-10(2)11-5-4-7-16(8-6-11)12(9-18-3)13(17)15-14/h10-12H,4-9,14H2,1-3H3,(H,15,17). The van der Waals surface area contributed by atoms with Gasteiger partial charge in [-0.25, -0.2) is 5.84 Å². The zero-order valence-electron chi connectivity index (χ0n) is 11.8. The van der Waals surface area contributed by atoms with E-state index in [1.807, 2.05) is 0 Å². The highest BCUT2D eigenvalue weighted by Crippen LogP contribution is 2.25. The lowest BCUT2D eigenvalue weighted by Crippen LogP contribution is -2.51. The predicted molar refractivity (Wildman–Crippen MR) is 71.7 cm³/mol. The number of nitrogens with two attached hydrogens (primary N) is 1. The molecule has 0 spiro atoms. The van der Waals surface area contributed by atoms with Crippen LogP contribution < -0.4 is 11.3 Å². The van der Waals surface area contributed by atoms with Gasteiger partial charge in [0.25, 0.3) is 5.91 Å². The fourth-order valence-electron chi connectivity index (χ4n) is 2.72. The lowest BCUT2D eigenvalue weighted by Gasteiger charge is -2.28. The van der Waals surface area contributed by atoms with E-state index in [9.17, 15) is 4.79 Å². The molecule has 0 bridgehead atoms. The SMILES string of the molecule is COCC(C(=O)NN)N1CCCC(C(C)C)CC1. The van der Waals surface area contributed by atoms with Crippen LogP contribution in [0.15, 0.2) is 0 Å². The molecule has 0 aromatic rings. The Morgan fingerprint density at radius 2 is 2.17 bits per heavy atom. The zero-order chi connectivity index (χ0) is 13.5. The van der Waals surface area contributed by atoms with Gasteiger partial charge in [0.15, 0.2) is 0 Å². The van der Waals surface area contributed by atoms with Crippen molar-refractivity contribution in [3.63, 3.8) is 0 Å². The van der Waals surface area contributed by atoms with Gasteiger partial charge in [-0.15, -0.1) is 0 Å². The van der Waals surface area contributed by atoms with Gasteiger partial charge < -0.3 is 4.74 Å². The molecule has 2 unspecified atom stereocenters. The molecular formula is C13H27N3O2. The number of hydrazine groups is 1. The van der Waals surface area contributed by atoms with Gasteiger partial charge >= 0.3 is 0 Å². The summed E-state index contributed by atoms with van der Waals surface area (Å²) in [4.78, 5) is 14.0. The first kappa shape index (κ1) is 15.4. The molecule has 18 heavy (non-hydrogen) atoms. The van der Waals surface area contributed by atoms with E-state index in [1.165, 1.54) is 6.42 Å². The summed E-state index contributed by atoms with van der Waals surface area (Å²) in [7, 11) is 1.62. The fraction of sp³-hybridized carbons (Fsp3) is 0.923. The van der Waals surface area contributed by atoms with Gasteiger partial charge in [0.2, 0.25) is 0 Å². The van der Waals surface area contributed by atoms with Crippen LogP contribution in [0, 0.1) is 11.8 Å². The van der Waals surface area contributed by atoms with Crippen LogP contribution >= 0.6 is 0 Å². The van der Waals surface area contributed by atoms with Crippen LogP contribution in [0.5, 0.6) is 0 Å². The zero-order valence-corrected chi connectivity index (χ0v) is 11.8. The molecule has 5 heteroatoms. The third-order valence-corrected chi connectivity index (χ3v) is 3.96. The average Bonchev–Trinajstić information content (AvgIpc) is 2.60. The van der Waals surface area contributed by atoms with Crippen molar-refractivity contribution in [3.05, 3.63) is 0 Å². The summed E-state index contributed by atoms with van der Waals surface area (Å²) in [6.45, 7) is 6.85. The van der Waals surface area contributed by atoms with Gasteiger partial charge in [-0.1, -0.05) is 13.8 Å². The number of methoxy groups -OCH3 is 1. The normalized spacial score (nSPS) is 23.7. The van der Waals surface area contributed by atoms with Crippen molar-refractivity contribution in [3.8, 4) is 0 Å². The first-order chi connectivity index (χ1) is 8.60. The molecule has 1 fully saturated rings. The van der Waals surface area contributed by atoms with Crippen LogP contribution in [0.4, 0.5) is 0 Å². The first-order valence-corrected chi connectivity index (χ1v) is 6.83. The number of hydrogen-bond acceptors (Lipinski definition) is 4. The van der Waals surface area contributed by atoms with Crippen molar-refractivity contribution in [1.29, 1.82) is 0 Å². The highest BCUT2D eigenvalue weighted by atomic mass is 16.5. The molecule has 1 saturated heterocycles. The smallest absolute Gasteiger partial charge is 0.253 e. The van der Waals surface area contributed by atoms with Crippen LogP contribution in [-0.2, 0) is 9.53 Å². The largest absolute Gasteiger partial charge is 0.383 e. The van der Waals surface area contributed by atoms with Gasteiger partial charge in [-0.05, 0) is 44.2 Å². The Kier molecular flexibility index (Phi) is 6.60. The minimum atomic E-state index is -0.258. The van der Waals surface area contributed by atoms with Crippen LogP contribution in [-0.4, -0.2) is 43.7 Å². The lowest BCUT2D eigenvalue weighted by molar-refractivity contribution is -0.128. The van der Waals surface area contributed by atoms with Gasteiger partial charge in [0, 0.05) is 7.11 Å². The van der Waals surface area contributed by atoms with Crippen molar-refractivity contribution in [2.24, 2.45) is 17.7 Å². The first-order valence-electron chi connectivity index (χ1n) is 6.83. The highest BCUT2D eigenvalue weighted by Gasteiger charge is 2.28. The summed E-state index contributed by atoms with van der Waals surface area (Å²) in [6, 6.07) is -0.258. The topological polar surface area (TPSA) is 67.6 Å². The number of hydrogen-bond donors (Lipinski definition) is 2. The monoisotopic (exact) mass is 257 g/mol. The molecule has 0 aromatic carbocycles. The van der Waals surface area contributed by atoms with Crippen molar-refractivity contribution in [2.75, 3.05) is 26.8 Å². The molecule has 106 valence electrons. The molecule has 1 heterocycles. The molecule has 1 rings (SSSR count). The highest BCUT2D eigenvalue weighted by molar-refractivity contribution is 5.81. The molecule has 1 aliphatic heterocycles. The molecule has 0 aromatic heterocycles. The van der Waals surface area contributed by atoms with Crippen molar-refractivity contribution < 1.29 is 9.53 Å². The minimum Gasteiger partial charge on any atom is -0.383 e. The van der Waals surface area contributed by atoms with Crippen LogP contribution in [0.25, 0.3) is 0 Å². The Morgan fingerprint density at radius 3 is 2.72 bits per heavy atom. The number of carbonyl (C=O) groups is 1. The van der Waals surface area contributed by atoms with E-state index in [0.29, 0.717) is 12.5 Å². The number of carbonyl (C=O) groups excluding carboxylic acids is 1. The fourth-order valence-corrected chi connectivity index (χ4v) is 2.72. The second-order valence-corrected chi connectivity index (χ2v) is 5.45. The molecule has 0 radical (unpaired) electrons. The second-order valence-electron chi connectivity index (χ2n) is 5.45. The van der Waals surface area contributed by atoms with Crippen LogP contribution in [0.2, 0.25) is 0 Å². The maximum absolute atomic E-state index is 11.8. The number of ether oxygens (including phenoxy) is 1. The second kappa shape index (κ2) is 7.71. The average molecular weight is 257 g/mol. The maximum Gasteiger partial charge on any atom is 0.253 e. The van der Waals surface area contributed by atoms with Gasteiger partial charge in [-0.3, -0.25) is 15.1 Å². The van der Waals surface area contributed by atoms with Crippen LogP contribution in [0.1, 0.15) is 33.1 Å². The Hall–Kier alpha value is -0.650. The summed E-state index contributed by atoms with van der Waals surface area (Å²) in [5.74, 6) is 6.57. The van der Waals surface area contributed by atoms with Gasteiger partial charge in [0.05, 0.1) is 6.61 Å². The van der Waals surface area contributed by atoms with E-state index >= 15 is 0 Å². The van der Waals surface area contributed by atoms with E-state index in [1.54, 1.807) is 7.11 Å². The Bertz CT molecular complexity index is 259. The number of amides is 1. The summed E-state index contributed by atoms with van der Waals surface area (Å²) in [6.07, 6.45) is 3.54. The Balaban J connectivity index is 2.60. The Morgan fingerprint density at radius 1 is 1.44 bits per heavy atom. The predicted octanol–water partition coefficient (Wildman–Crippen LogP) is 0.749. The number of nitrogens with zero attached hydrogens (tertiary/aromatic N) is 1. The van der Waals surface area contributed by atoms with E-state index in [0.717, 1.165) is 31.8 Å². The summed E-state index contributed by atoms with van der Waals surface area (Å²) < 4.78 is 5.14. The molecule has 0 aliphatic carbocycles. The molecule has 2 atom stereocenters. The number of nitrogens with one attached hydrogen (secondary N) is 1. The molecule has 5 nitrogen and oxygen atoms in total. The third-order valence-electron chi connectivity index (χ3n) is 3.96. The lowest BCUT2D eigenvalue weighted by atomic mass is 9.89. The molecule has 3 N–H and O–H groups in total. The van der Waals surface area contributed by atoms with E-state index in [-0.39, 0.29) is 11.9 Å². The van der Waals surface area contributed by atoms with Crippen molar-refractivity contribution in [2.45, 2.75) is 39.2 Å². The summed E-state index contributed by atoms with van der Waals surface area (Å²) in [5.41, 5.74) is 2.24. The van der Waals surface area contributed by atoms with E-state index < -0.39 is 0 Å². The quantitative estimate of drug-likeness (QED) is 0.433. The third kappa shape index (κ3) is 4.23. The summed E-state index contributed by atoms with van der Waals surface area (Å²) >= 11 is 0. The van der Waals surface area contributed by atoms with Crippen LogP contribution in [0.3, 0.4) is 0 Å². The molecule has 1 aliphatic rings. The molecule has 0 saturated carbocycles. The van der Waals surface area contributed by atoms with E-state index in [4.69, 9.17) is 10.6 Å². The van der Waals surface area contributed by atoms with Crippen molar-refractivity contribution in [1.82, 2.24) is 10.3 Å². The molecular weight excluding hydrogens is 230 g/mol. The maximum atomic E-state index is 11.8. The minimum absolute atomic E-state index is 0.153. The van der Waals surface area contributed by atoms with Gasteiger partial charge in [-0.2, -0.15) is 0 Å². The van der Waals surface area contributed by atoms with E-state index in [2.05, 4.69) is 24.2 Å². The number of rotatable bonds is 5. The number of likely N-dealkylation sites (tertiary alicyclic amines) is 1.